The Kier molecular flexibility index (Phi) is 6.12. The lowest BCUT2D eigenvalue weighted by molar-refractivity contribution is -0.308. The monoisotopic (exact) mass is 322 g/mol. The van der Waals surface area contributed by atoms with Crippen molar-refractivity contribution < 1.29 is 18.3 Å². The van der Waals surface area contributed by atoms with Gasteiger partial charge in [-0.1, -0.05) is 11.6 Å². The van der Waals surface area contributed by atoms with Gasteiger partial charge in [0.2, 0.25) is 10.0 Å². The molecule has 0 aliphatic carbocycles. The van der Waals surface area contributed by atoms with Crippen molar-refractivity contribution in [3.05, 3.63) is 29.3 Å². The van der Waals surface area contributed by atoms with Gasteiger partial charge in [-0.2, -0.15) is 11.8 Å². The van der Waals surface area contributed by atoms with Crippen LogP contribution < -0.4 is 9.83 Å². The van der Waals surface area contributed by atoms with Gasteiger partial charge < -0.3 is 9.90 Å². The molecule has 0 aromatic heterocycles. The van der Waals surface area contributed by atoms with Crippen molar-refractivity contribution in [2.75, 3.05) is 12.0 Å². The fraction of sp³-hybridized carbons (Fsp3) is 0.364. The summed E-state index contributed by atoms with van der Waals surface area (Å²) in [4.78, 5) is 10.9. The zero-order valence-electron chi connectivity index (χ0n) is 10.1. The summed E-state index contributed by atoms with van der Waals surface area (Å²) in [5.74, 6) is -0.923. The van der Waals surface area contributed by atoms with Crippen molar-refractivity contribution in [2.24, 2.45) is 0 Å². The van der Waals surface area contributed by atoms with Crippen LogP contribution in [-0.4, -0.2) is 32.4 Å². The number of nitrogens with one attached hydrogen (secondary N) is 1. The maximum absolute atomic E-state index is 12.0. The number of halogens is 1. The fourth-order valence-corrected chi connectivity index (χ4v) is 3.15. The van der Waals surface area contributed by atoms with E-state index >= 15 is 0 Å². The molecule has 5 nitrogen and oxygen atoms in total. The van der Waals surface area contributed by atoms with Gasteiger partial charge in [0.05, 0.1) is 16.9 Å². The smallest absolute Gasteiger partial charge is 0.241 e. The summed E-state index contributed by atoms with van der Waals surface area (Å²) in [6.45, 7) is 0. The minimum absolute atomic E-state index is 0.0349. The number of hydrogen-bond donors (Lipinski definition) is 1. The van der Waals surface area contributed by atoms with Crippen molar-refractivity contribution in [1.82, 2.24) is 4.72 Å². The molecule has 1 aromatic rings. The molecule has 0 heterocycles. The maximum atomic E-state index is 12.0. The predicted molar refractivity (Wildman–Crippen MR) is 73.6 cm³/mol. The van der Waals surface area contributed by atoms with E-state index in [1.165, 1.54) is 36.0 Å². The van der Waals surface area contributed by atoms with E-state index in [2.05, 4.69) is 4.72 Å². The molecule has 1 unspecified atom stereocenters. The summed E-state index contributed by atoms with van der Waals surface area (Å²) in [5, 5.41) is 11.3. The largest absolute Gasteiger partial charge is 0.548 e. The van der Waals surface area contributed by atoms with Crippen LogP contribution in [0.3, 0.4) is 0 Å². The van der Waals surface area contributed by atoms with Gasteiger partial charge in [0, 0.05) is 5.02 Å². The number of sulfonamides is 1. The van der Waals surface area contributed by atoms with Gasteiger partial charge in [-0.05, 0) is 42.7 Å². The molecule has 0 amide bonds. The van der Waals surface area contributed by atoms with Crippen LogP contribution >= 0.6 is 23.4 Å². The lowest BCUT2D eigenvalue weighted by atomic mass is 10.2. The van der Waals surface area contributed by atoms with Crippen LogP contribution in [-0.2, 0) is 14.8 Å². The number of rotatable bonds is 7. The second-order valence-corrected chi connectivity index (χ2v) is 6.86. The SMILES string of the molecule is CSCCC(NS(=O)(=O)c1ccc(Cl)cc1)C(=O)[O-]. The highest BCUT2D eigenvalue weighted by Gasteiger charge is 2.20. The molecule has 0 saturated carbocycles. The Morgan fingerprint density at radius 1 is 1.42 bits per heavy atom. The molecule has 1 aromatic carbocycles. The molecule has 0 spiro atoms. The second kappa shape index (κ2) is 7.14. The van der Waals surface area contributed by atoms with E-state index in [9.17, 15) is 18.3 Å². The number of aliphatic carboxylic acids is 1. The summed E-state index contributed by atoms with van der Waals surface area (Å²) in [5.41, 5.74) is 0. The molecule has 1 atom stereocenters. The average Bonchev–Trinajstić information content (AvgIpc) is 2.34. The zero-order chi connectivity index (χ0) is 14.5. The van der Waals surface area contributed by atoms with E-state index in [0.29, 0.717) is 10.8 Å². The van der Waals surface area contributed by atoms with E-state index < -0.39 is 22.0 Å². The highest BCUT2D eigenvalue weighted by atomic mass is 35.5. The van der Waals surface area contributed by atoms with E-state index in [1.54, 1.807) is 6.26 Å². The number of thioether (sulfide) groups is 1. The van der Waals surface area contributed by atoms with Gasteiger partial charge in [-0.25, -0.2) is 13.1 Å². The summed E-state index contributed by atoms with van der Waals surface area (Å²) in [6.07, 6.45) is 1.97. The summed E-state index contributed by atoms with van der Waals surface area (Å²) < 4.78 is 26.1. The number of carboxylic acid groups (broad SMARTS) is 1. The molecule has 0 saturated heterocycles. The van der Waals surface area contributed by atoms with E-state index in [0.717, 1.165) is 0 Å². The van der Waals surface area contributed by atoms with Gasteiger partial charge in [0.1, 0.15) is 0 Å². The Morgan fingerprint density at radius 2 is 2.00 bits per heavy atom. The van der Waals surface area contributed by atoms with Crippen LogP contribution in [0.4, 0.5) is 0 Å². The highest BCUT2D eigenvalue weighted by Crippen LogP contribution is 2.14. The minimum Gasteiger partial charge on any atom is -0.548 e. The van der Waals surface area contributed by atoms with Crippen LogP contribution in [0.5, 0.6) is 0 Å². The quantitative estimate of drug-likeness (QED) is 0.789. The topological polar surface area (TPSA) is 86.3 Å². The standard InChI is InChI=1S/C11H14ClNO4S2/c1-18-7-6-10(11(14)15)13-19(16,17)9-4-2-8(12)3-5-9/h2-5,10,13H,6-7H2,1H3,(H,14,15)/p-1. The van der Waals surface area contributed by atoms with Crippen LogP contribution in [0.2, 0.25) is 5.02 Å². The van der Waals surface area contributed by atoms with Crippen LogP contribution in [0.1, 0.15) is 6.42 Å². The Labute approximate surface area is 121 Å². The fourth-order valence-electron chi connectivity index (χ4n) is 1.33. The van der Waals surface area contributed by atoms with Crippen LogP contribution in [0.25, 0.3) is 0 Å². The first-order chi connectivity index (χ1) is 8.86. The number of benzene rings is 1. The average molecular weight is 323 g/mol. The summed E-state index contributed by atoms with van der Waals surface area (Å²) >= 11 is 7.09. The number of hydrogen-bond acceptors (Lipinski definition) is 5. The first-order valence-electron chi connectivity index (χ1n) is 5.34. The summed E-state index contributed by atoms with van der Waals surface area (Å²) in [6, 6.07) is 4.23. The normalized spacial score (nSPS) is 13.2. The first kappa shape index (κ1) is 16.3. The predicted octanol–water partition coefficient (Wildman–Crippen LogP) is 0.490. The molecular formula is C11H13ClNO4S2-. The first-order valence-corrected chi connectivity index (χ1v) is 8.60. The molecule has 106 valence electrons. The Morgan fingerprint density at radius 3 is 2.47 bits per heavy atom. The number of carbonyl (C=O) groups is 1. The third kappa shape index (κ3) is 5.02. The van der Waals surface area contributed by atoms with E-state index in [4.69, 9.17) is 11.6 Å². The Hall–Kier alpha value is -0.760. The number of carboxylic acids is 1. The third-order valence-electron chi connectivity index (χ3n) is 2.32. The van der Waals surface area contributed by atoms with Crippen molar-refractivity contribution in [3.8, 4) is 0 Å². The minimum atomic E-state index is -3.89. The van der Waals surface area contributed by atoms with Crippen molar-refractivity contribution in [2.45, 2.75) is 17.4 Å². The second-order valence-electron chi connectivity index (χ2n) is 3.73. The molecule has 8 heteroatoms. The van der Waals surface area contributed by atoms with Gasteiger partial charge in [-0.3, -0.25) is 0 Å². The van der Waals surface area contributed by atoms with E-state index in [-0.39, 0.29) is 11.3 Å². The van der Waals surface area contributed by atoms with Crippen molar-refractivity contribution in [3.63, 3.8) is 0 Å². The Bertz CT molecular complexity index is 530. The van der Waals surface area contributed by atoms with Crippen molar-refractivity contribution in [1.29, 1.82) is 0 Å². The van der Waals surface area contributed by atoms with Crippen LogP contribution in [0, 0.1) is 0 Å². The molecule has 19 heavy (non-hydrogen) atoms. The van der Waals surface area contributed by atoms with Crippen molar-refractivity contribution >= 4 is 39.4 Å². The third-order valence-corrected chi connectivity index (χ3v) is 4.70. The Balaban J connectivity index is 2.87. The van der Waals surface area contributed by atoms with Gasteiger partial charge in [0.15, 0.2) is 0 Å². The van der Waals surface area contributed by atoms with E-state index in [1.807, 2.05) is 0 Å². The maximum Gasteiger partial charge on any atom is 0.241 e. The molecule has 1 N–H and O–H groups in total. The molecule has 1 rings (SSSR count). The molecule has 0 radical (unpaired) electrons. The van der Waals surface area contributed by atoms with Gasteiger partial charge >= 0.3 is 0 Å². The molecule has 0 bridgehead atoms. The van der Waals surface area contributed by atoms with Crippen LogP contribution in [0.15, 0.2) is 29.2 Å². The molecule has 0 aliphatic rings. The lowest BCUT2D eigenvalue weighted by Crippen LogP contribution is -2.48. The van der Waals surface area contributed by atoms with Gasteiger partial charge in [0.25, 0.3) is 0 Å². The zero-order valence-corrected chi connectivity index (χ0v) is 12.5. The molecule has 0 fully saturated rings. The molecule has 0 aliphatic heterocycles. The number of carbonyl (C=O) groups excluding carboxylic acids is 1. The summed E-state index contributed by atoms with van der Waals surface area (Å²) in [7, 11) is -3.89. The lowest BCUT2D eigenvalue weighted by Gasteiger charge is -2.19. The molecular weight excluding hydrogens is 310 g/mol. The highest BCUT2D eigenvalue weighted by molar-refractivity contribution is 7.98. The van der Waals surface area contributed by atoms with Gasteiger partial charge in [-0.15, -0.1) is 0 Å².